The fourth-order valence-corrected chi connectivity index (χ4v) is 7.61. The van der Waals surface area contributed by atoms with Gasteiger partial charge in [-0.15, -0.1) is 10.2 Å². The number of fused-ring (bicyclic) bond motifs is 7. The minimum atomic E-state index is -1.01. The maximum atomic E-state index is 14.2. The van der Waals surface area contributed by atoms with Gasteiger partial charge in [-0.05, 0) is 79.5 Å². The summed E-state index contributed by atoms with van der Waals surface area (Å²) in [6.45, 7) is 3.39. The summed E-state index contributed by atoms with van der Waals surface area (Å²) in [5.41, 5.74) is 6.15. The summed E-state index contributed by atoms with van der Waals surface area (Å²) in [5.74, 6) is 0.313. The number of nitrogens with zero attached hydrogens (tertiary/aromatic N) is 5. The number of hydrogen-bond acceptors (Lipinski definition) is 7. The van der Waals surface area contributed by atoms with Gasteiger partial charge < -0.3 is 24.1 Å². The Hall–Kier alpha value is -4.74. The molecule has 0 amide bonds. The zero-order valence-corrected chi connectivity index (χ0v) is 26.7. The molecule has 12 heteroatoms. The summed E-state index contributed by atoms with van der Waals surface area (Å²) >= 11 is 6.98. The first-order valence-corrected chi connectivity index (χ1v) is 16.1. The van der Waals surface area contributed by atoms with Crippen LogP contribution in [-0.4, -0.2) is 42.2 Å². The third-order valence-electron chi connectivity index (χ3n) is 9.39. The van der Waals surface area contributed by atoms with Crippen LogP contribution in [0.3, 0.4) is 0 Å². The van der Waals surface area contributed by atoms with Crippen molar-refractivity contribution in [2.45, 2.75) is 58.2 Å². The van der Waals surface area contributed by atoms with Crippen molar-refractivity contribution in [3.8, 4) is 16.9 Å². The molecule has 3 aromatic heterocycles. The van der Waals surface area contributed by atoms with Crippen molar-refractivity contribution in [2.24, 2.45) is 7.05 Å². The number of hydrogen-bond donors (Lipinski definition) is 2. The Balaban J connectivity index is 1.26. The molecule has 5 heterocycles. The molecule has 0 saturated heterocycles. The van der Waals surface area contributed by atoms with E-state index in [2.05, 4.69) is 15.5 Å². The van der Waals surface area contributed by atoms with Crippen molar-refractivity contribution in [1.29, 1.82) is 0 Å². The lowest BCUT2D eigenvalue weighted by molar-refractivity contribution is 0.0685. The van der Waals surface area contributed by atoms with Crippen molar-refractivity contribution >= 4 is 39.2 Å². The predicted molar refractivity (Wildman–Crippen MR) is 174 cm³/mol. The molecule has 0 fully saturated rings. The van der Waals surface area contributed by atoms with Crippen molar-refractivity contribution in [1.82, 2.24) is 29.9 Å². The second-order valence-electron chi connectivity index (χ2n) is 12.3. The zero-order valence-electron chi connectivity index (χ0n) is 25.9. The first-order valence-electron chi connectivity index (χ1n) is 15.8. The SMILES string of the molecule is Cc1nn2c3c1-c1c(Cl)ccc4c(c(C(=O)O)n(C)c14)CCCOc1cc(cc4cc(F)ccc14)CCc1nnc(o1)CN[C@@H]3CC2. The first-order chi connectivity index (χ1) is 22.8. The van der Waals surface area contributed by atoms with Crippen LogP contribution in [0.4, 0.5) is 4.39 Å². The molecular formula is C35H32ClFN6O4. The van der Waals surface area contributed by atoms with Crippen LogP contribution in [0.1, 0.15) is 63.7 Å². The summed E-state index contributed by atoms with van der Waals surface area (Å²) in [6, 6.07) is 12.3. The fraction of sp³-hybridized carbons (Fsp3) is 0.314. The van der Waals surface area contributed by atoms with E-state index in [-0.39, 0.29) is 17.6 Å². The maximum absolute atomic E-state index is 14.2. The molecule has 0 saturated carbocycles. The van der Waals surface area contributed by atoms with Gasteiger partial charge in [0.05, 0.1) is 41.1 Å². The smallest absolute Gasteiger partial charge is 0.352 e. The van der Waals surface area contributed by atoms with E-state index in [4.69, 9.17) is 25.9 Å². The number of carbonyl (C=O) groups is 1. The van der Waals surface area contributed by atoms with E-state index in [1.54, 1.807) is 17.7 Å². The Morgan fingerprint density at radius 2 is 1.89 bits per heavy atom. The Morgan fingerprint density at radius 3 is 2.74 bits per heavy atom. The molecule has 0 unspecified atom stereocenters. The molecule has 47 heavy (non-hydrogen) atoms. The highest BCUT2D eigenvalue weighted by atomic mass is 35.5. The quantitative estimate of drug-likeness (QED) is 0.200. The van der Waals surface area contributed by atoms with Crippen molar-refractivity contribution in [3.05, 3.63) is 93.3 Å². The molecule has 2 aliphatic heterocycles. The molecule has 2 N–H and O–H groups in total. The van der Waals surface area contributed by atoms with Gasteiger partial charge in [0, 0.05) is 41.9 Å². The molecule has 10 nitrogen and oxygen atoms in total. The van der Waals surface area contributed by atoms with Crippen LogP contribution in [-0.2, 0) is 39.4 Å². The molecule has 0 spiro atoms. The van der Waals surface area contributed by atoms with Gasteiger partial charge in [0.15, 0.2) is 0 Å². The standard InChI is InChI=1S/C35H32ClFN6O4/c1-18-30-31-25(36)9-8-24-23(33(35(44)45)42(2)32(24)31)4-3-13-46-27-15-19(14-20-16-21(37)6-7-22(20)27)5-10-28-39-40-29(47-28)17-38-26-11-12-43(41-18)34(26)30/h6-9,14-16,26,38H,3-5,10-13,17H2,1-2H3,(H,44,45)/t26-/m1/s1. The summed E-state index contributed by atoms with van der Waals surface area (Å²) in [4.78, 5) is 12.7. The monoisotopic (exact) mass is 654 g/mol. The first kappa shape index (κ1) is 29.6. The van der Waals surface area contributed by atoms with Gasteiger partial charge in [0.1, 0.15) is 17.3 Å². The average molecular weight is 655 g/mol. The number of aromatic nitrogens is 5. The van der Waals surface area contributed by atoms with E-state index in [9.17, 15) is 14.3 Å². The van der Waals surface area contributed by atoms with E-state index in [1.807, 2.05) is 35.9 Å². The van der Waals surface area contributed by atoms with Crippen LogP contribution in [0.15, 0.2) is 46.9 Å². The van der Waals surface area contributed by atoms with E-state index in [0.717, 1.165) is 68.3 Å². The minimum Gasteiger partial charge on any atom is -0.493 e. The van der Waals surface area contributed by atoms with Crippen molar-refractivity contribution in [2.75, 3.05) is 6.61 Å². The lowest BCUT2D eigenvalue weighted by Crippen LogP contribution is -2.19. The van der Waals surface area contributed by atoms with Crippen LogP contribution < -0.4 is 10.1 Å². The number of ether oxygens (including phenoxy) is 1. The lowest BCUT2D eigenvalue weighted by Gasteiger charge is -2.16. The summed E-state index contributed by atoms with van der Waals surface area (Å²) in [7, 11) is 1.78. The molecule has 240 valence electrons. The van der Waals surface area contributed by atoms with Gasteiger partial charge in [0.2, 0.25) is 11.8 Å². The number of carboxylic acid groups (broad SMARTS) is 1. The number of nitrogens with one attached hydrogen (secondary N) is 1. The normalized spacial score (nSPS) is 16.7. The molecule has 3 aromatic carbocycles. The number of aromatic carboxylic acids is 1. The second kappa shape index (κ2) is 11.5. The number of halogens is 2. The van der Waals surface area contributed by atoms with Crippen molar-refractivity contribution < 1.29 is 23.4 Å². The Morgan fingerprint density at radius 1 is 1.06 bits per heavy atom. The fourth-order valence-electron chi connectivity index (χ4n) is 7.37. The predicted octanol–water partition coefficient (Wildman–Crippen LogP) is 6.72. The van der Waals surface area contributed by atoms with Gasteiger partial charge in [0.25, 0.3) is 0 Å². The maximum Gasteiger partial charge on any atom is 0.352 e. The molecule has 0 aliphatic carbocycles. The van der Waals surface area contributed by atoms with Crippen LogP contribution in [0.5, 0.6) is 5.75 Å². The third kappa shape index (κ3) is 5.05. The van der Waals surface area contributed by atoms with Crippen LogP contribution in [0.2, 0.25) is 5.02 Å². The van der Waals surface area contributed by atoms with E-state index >= 15 is 0 Å². The van der Waals surface area contributed by atoms with Gasteiger partial charge in [-0.3, -0.25) is 4.68 Å². The summed E-state index contributed by atoms with van der Waals surface area (Å²) in [5, 5.41) is 30.3. The van der Waals surface area contributed by atoms with E-state index in [0.29, 0.717) is 61.4 Å². The third-order valence-corrected chi connectivity index (χ3v) is 9.70. The van der Waals surface area contributed by atoms with Gasteiger partial charge in [-0.25, -0.2) is 9.18 Å². The van der Waals surface area contributed by atoms with E-state index < -0.39 is 5.97 Å². The molecule has 0 radical (unpaired) electrons. The summed E-state index contributed by atoms with van der Waals surface area (Å²) < 4.78 is 30.3. The highest BCUT2D eigenvalue weighted by molar-refractivity contribution is 6.35. The van der Waals surface area contributed by atoms with Crippen molar-refractivity contribution in [3.63, 3.8) is 0 Å². The molecule has 6 aromatic rings. The Kier molecular flexibility index (Phi) is 7.25. The summed E-state index contributed by atoms with van der Waals surface area (Å²) in [6.07, 6.45) is 2.96. The van der Waals surface area contributed by atoms with Gasteiger partial charge in [-0.1, -0.05) is 23.7 Å². The molecule has 1 atom stereocenters. The highest BCUT2D eigenvalue weighted by Crippen LogP contribution is 2.45. The lowest BCUT2D eigenvalue weighted by atomic mass is 9.96. The molecule has 8 rings (SSSR count). The minimum absolute atomic E-state index is 0.0609. The topological polar surface area (TPSA) is 120 Å². The molecule has 2 aliphatic rings. The number of rotatable bonds is 1. The number of carboxylic acids is 1. The van der Waals surface area contributed by atoms with Crippen LogP contribution in [0, 0.1) is 12.7 Å². The Bertz CT molecular complexity index is 2220. The molecular weight excluding hydrogens is 623 g/mol. The second-order valence-corrected chi connectivity index (χ2v) is 12.7. The van der Waals surface area contributed by atoms with Gasteiger partial charge in [-0.2, -0.15) is 5.10 Å². The highest BCUT2D eigenvalue weighted by Gasteiger charge is 2.33. The number of benzene rings is 3. The Labute approximate surface area is 274 Å². The van der Waals surface area contributed by atoms with E-state index in [1.165, 1.54) is 12.1 Å². The van der Waals surface area contributed by atoms with Crippen LogP contribution >= 0.6 is 11.6 Å². The average Bonchev–Trinajstić information content (AvgIpc) is 3.80. The van der Waals surface area contributed by atoms with Gasteiger partial charge >= 0.3 is 5.97 Å². The largest absolute Gasteiger partial charge is 0.493 e. The molecule has 8 bridgehead atoms. The number of aryl methyl sites for hydroxylation is 6. The van der Waals surface area contributed by atoms with Crippen LogP contribution in [0.25, 0.3) is 32.8 Å². The zero-order chi connectivity index (χ0) is 32.4.